The number of carbonyl (C=O) groups excluding carboxylic acids is 8. The Labute approximate surface area is 447 Å². The molecular formula is C55H62FN9O13. The summed E-state index contributed by atoms with van der Waals surface area (Å²) in [5.74, 6) is -4.38. The van der Waals surface area contributed by atoms with E-state index >= 15 is 4.39 Å². The SMILES string of the molecule is CC[C@]1(O)c2cc3n(c(=O)c2COC1O)Cc1c-3nc2cc(F)c(C)c3c2c1[C@@H](N1CCC(OCNC(=O)CNC(=O)[C@H](Cc2ccccc2)NC(=O)CNC(=O)CNC(=O)CCCCCN2C(=O)C=CC2=O)CC1=O)CC3. The van der Waals surface area contributed by atoms with Crippen LogP contribution in [-0.4, -0.2) is 135 Å². The number of imide groups is 1. The number of likely N-dealkylation sites (tertiary alicyclic amines) is 1. The number of aliphatic hydroxyl groups is 2. The number of rotatable bonds is 21. The first-order chi connectivity index (χ1) is 37.4. The molecule has 23 heteroatoms. The van der Waals surface area contributed by atoms with Crippen LogP contribution in [0.5, 0.6) is 0 Å². The number of hydrogen-bond acceptors (Lipinski definition) is 14. The van der Waals surface area contributed by atoms with Gasteiger partial charge in [0.05, 0.1) is 68.3 Å². The van der Waals surface area contributed by atoms with Crippen LogP contribution in [0.3, 0.4) is 0 Å². The van der Waals surface area contributed by atoms with Gasteiger partial charge in [-0.1, -0.05) is 43.7 Å². The monoisotopic (exact) mass is 1080 g/mol. The summed E-state index contributed by atoms with van der Waals surface area (Å²) in [4.78, 5) is 124. The fraction of sp³-hybridized carbons (Fsp3) is 0.455. The fourth-order valence-corrected chi connectivity index (χ4v) is 11.0. The van der Waals surface area contributed by atoms with E-state index in [2.05, 4.69) is 26.6 Å². The minimum absolute atomic E-state index is 0.0101. The molecule has 1 fully saturated rings. The summed E-state index contributed by atoms with van der Waals surface area (Å²) in [6.45, 7) is 2.21. The summed E-state index contributed by atoms with van der Waals surface area (Å²) in [6.07, 6.45) is 3.46. The lowest BCUT2D eigenvalue weighted by atomic mass is 9.80. The van der Waals surface area contributed by atoms with E-state index in [1.807, 2.05) is 0 Å². The van der Waals surface area contributed by atoms with E-state index in [0.717, 1.165) is 21.4 Å². The van der Waals surface area contributed by atoms with Crippen molar-refractivity contribution < 1.29 is 62.4 Å². The Hall–Kier alpha value is -7.73. The van der Waals surface area contributed by atoms with Crippen molar-refractivity contribution >= 4 is 58.2 Å². The topological polar surface area (TPSA) is 297 Å². The third kappa shape index (κ3) is 11.4. The van der Waals surface area contributed by atoms with Gasteiger partial charge < -0.3 is 55.7 Å². The van der Waals surface area contributed by atoms with Crippen molar-refractivity contribution in [3.8, 4) is 11.4 Å². The second kappa shape index (κ2) is 23.5. The molecule has 7 N–H and O–H groups in total. The van der Waals surface area contributed by atoms with Crippen molar-refractivity contribution in [1.82, 2.24) is 45.9 Å². The van der Waals surface area contributed by atoms with Crippen LogP contribution in [0.15, 0.2) is 59.4 Å². The highest BCUT2D eigenvalue weighted by Crippen LogP contribution is 2.48. The van der Waals surface area contributed by atoms with E-state index in [1.165, 1.54) is 18.2 Å². The number of aliphatic hydroxyl groups excluding tert-OH is 1. The van der Waals surface area contributed by atoms with Crippen LogP contribution in [0.1, 0.15) is 103 Å². The van der Waals surface area contributed by atoms with Gasteiger partial charge in [0.2, 0.25) is 35.4 Å². The van der Waals surface area contributed by atoms with Crippen molar-refractivity contribution in [2.75, 3.05) is 39.5 Å². The Bertz CT molecular complexity index is 3170. The molecule has 2 aromatic heterocycles. The summed E-state index contributed by atoms with van der Waals surface area (Å²) in [5.41, 5.74) is 2.94. The number of ether oxygens (including phenoxy) is 2. The number of hydrogen-bond donors (Lipinski definition) is 7. The van der Waals surface area contributed by atoms with E-state index < -0.39 is 90.6 Å². The van der Waals surface area contributed by atoms with Crippen molar-refractivity contribution in [3.63, 3.8) is 0 Å². The number of carbonyl (C=O) groups is 8. The van der Waals surface area contributed by atoms with Gasteiger partial charge in [0.15, 0.2) is 6.29 Å². The number of unbranched alkanes of at least 4 members (excludes halogenated alkanes) is 2. The molecule has 412 valence electrons. The lowest BCUT2D eigenvalue weighted by Gasteiger charge is -2.41. The van der Waals surface area contributed by atoms with Crippen LogP contribution < -0.4 is 32.1 Å². The Balaban J connectivity index is 0.753. The molecule has 78 heavy (non-hydrogen) atoms. The smallest absolute Gasteiger partial charge is 0.257 e. The van der Waals surface area contributed by atoms with E-state index in [4.69, 9.17) is 14.5 Å². The first-order valence-electron chi connectivity index (χ1n) is 26.2. The molecule has 4 aromatic rings. The molecule has 4 aliphatic heterocycles. The molecule has 9 rings (SSSR count). The third-order valence-corrected chi connectivity index (χ3v) is 15.3. The number of piperidine rings is 1. The van der Waals surface area contributed by atoms with Gasteiger partial charge in [0.25, 0.3) is 17.4 Å². The zero-order chi connectivity index (χ0) is 55.4. The molecule has 6 heterocycles. The first kappa shape index (κ1) is 55.0. The molecule has 1 saturated heterocycles. The lowest BCUT2D eigenvalue weighted by Crippen LogP contribution is -2.52. The molecule has 5 aliphatic rings. The molecule has 2 unspecified atom stereocenters. The minimum Gasteiger partial charge on any atom is -0.380 e. The fourth-order valence-electron chi connectivity index (χ4n) is 11.0. The maximum Gasteiger partial charge on any atom is 0.257 e. The Kier molecular flexibility index (Phi) is 16.6. The number of halogens is 1. The zero-order valence-corrected chi connectivity index (χ0v) is 43.3. The molecule has 0 radical (unpaired) electrons. The van der Waals surface area contributed by atoms with E-state index in [0.29, 0.717) is 72.1 Å². The van der Waals surface area contributed by atoms with Gasteiger partial charge in [-0.05, 0) is 73.8 Å². The van der Waals surface area contributed by atoms with Crippen LogP contribution in [0.25, 0.3) is 22.3 Å². The Morgan fingerprint density at radius 3 is 2.35 bits per heavy atom. The molecule has 0 saturated carbocycles. The summed E-state index contributed by atoms with van der Waals surface area (Å²) < 4.78 is 28.5. The van der Waals surface area contributed by atoms with Crippen LogP contribution in [-0.2, 0) is 79.4 Å². The van der Waals surface area contributed by atoms with Crippen LogP contribution in [0.4, 0.5) is 4.39 Å². The predicted octanol–water partition coefficient (Wildman–Crippen LogP) is 0.949. The number of aromatic nitrogens is 2. The number of nitrogens with one attached hydrogen (secondary N) is 5. The van der Waals surface area contributed by atoms with E-state index in [9.17, 15) is 53.4 Å². The number of benzene rings is 2. The molecule has 2 aromatic carbocycles. The summed E-state index contributed by atoms with van der Waals surface area (Å²) in [6, 6.07) is 10.3. The van der Waals surface area contributed by atoms with Crippen LogP contribution in [0.2, 0.25) is 0 Å². The maximum absolute atomic E-state index is 15.5. The highest BCUT2D eigenvalue weighted by molar-refractivity contribution is 6.12. The Morgan fingerprint density at radius 2 is 1.60 bits per heavy atom. The second-order valence-electron chi connectivity index (χ2n) is 20.2. The van der Waals surface area contributed by atoms with Gasteiger partial charge in [-0.2, -0.15) is 0 Å². The van der Waals surface area contributed by atoms with Gasteiger partial charge >= 0.3 is 0 Å². The standard InChI is InChI=1S/C55H62FN9O13/c1-3-55(76)36-22-41-51-34(27-65(41)53(74)35(36)28-77-54(55)75)50-40(14-13-33-30(2)37(56)23-38(62-51)49(33)50)63-19-17-32(21-48(63)72)78-29-60-44(68)25-59-52(73)39(20-31-10-6-4-7-11-31)61-45(69)26-58-43(67)24-57-42(66)12-8-5-9-18-64-46(70)15-16-47(64)71/h4,6-7,10-11,15-16,22-23,32,39-40,54,75-76H,3,5,8-9,12-14,17-21,24-29H2,1-2H3,(H,57,66)(H,58,67)(H,59,73)(H,60,68)(H,61,69)/t32?,39-,40-,54?,55-/m0/s1. The normalized spacial score (nSPS) is 20.5. The van der Waals surface area contributed by atoms with Gasteiger partial charge in [0.1, 0.15) is 24.2 Å². The largest absolute Gasteiger partial charge is 0.380 e. The third-order valence-electron chi connectivity index (χ3n) is 15.3. The number of aryl methyl sites for hydroxylation is 1. The van der Waals surface area contributed by atoms with Crippen LogP contribution in [0, 0.1) is 12.7 Å². The first-order valence-corrected chi connectivity index (χ1v) is 26.2. The molecule has 0 spiro atoms. The maximum atomic E-state index is 15.5. The molecule has 5 atom stereocenters. The summed E-state index contributed by atoms with van der Waals surface area (Å²) in [7, 11) is 0. The van der Waals surface area contributed by atoms with Gasteiger partial charge in [-0.3, -0.25) is 48.1 Å². The number of pyridine rings is 2. The number of nitrogens with zero attached hydrogens (tertiary/aromatic N) is 4. The van der Waals surface area contributed by atoms with Gasteiger partial charge in [0, 0.05) is 66.2 Å². The van der Waals surface area contributed by atoms with Crippen molar-refractivity contribution in [2.24, 2.45) is 0 Å². The minimum atomic E-state index is -1.84. The van der Waals surface area contributed by atoms with Crippen molar-refractivity contribution in [1.29, 1.82) is 0 Å². The number of fused-ring (bicyclic) bond motifs is 5. The second-order valence-corrected chi connectivity index (χ2v) is 20.2. The van der Waals surface area contributed by atoms with Crippen molar-refractivity contribution in [2.45, 2.75) is 121 Å². The number of amides is 8. The molecule has 8 amide bonds. The van der Waals surface area contributed by atoms with Gasteiger partial charge in [-0.15, -0.1) is 0 Å². The highest BCUT2D eigenvalue weighted by Gasteiger charge is 2.46. The highest BCUT2D eigenvalue weighted by atomic mass is 19.1. The van der Waals surface area contributed by atoms with E-state index in [1.54, 1.807) is 59.7 Å². The van der Waals surface area contributed by atoms with Crippen LogP contribution >= 0.6 is 0 Å². The van der Waals surface area contributed by atoms with Crippen molar-refractivity contribution in [3.05, 3.63) is 110 Å². The summed E-state index contributed by atoms with van der Waals surface area (Å²) >= 11 is 0. The molecule has 0 bridgehead atoms. The van der Waals surface area contributed by atoms with Gasteiger partial charge in [-0.25, -0.2) is 9.37 Å². The molecule has 22 nitrogen and oxygen atoms in total. The molecular weight excluding hydrogens is 1010 g/mol. The quantitative estimate of drug-likeness (QED) is 0.0306. The molecule has 1 aliphatic carbocycles. The average molecular weight is 1080 g/mol. The van der Waals surface area contributed by atoms with E-state index in [-0.39, 0.29) is 87.5 Å². The zero-order valence-electron chi connectivity index (χ0n) is 43.3. The Morgan fingerprint density at radius 1 is 0.885 bits per heavy atom. The predicted molar refractivity (Wildman–Crippen MR) is 276 cm³/mol. The average Bonchev–Trinajstić information content (AvgIpc) is 4.03. The lowest BCUT2D eigenvalue weighted by molar-refractivity contribution is -0.236. The summed E-state index contributed by atoms with van der Waals surface area (Å²) in [5, 5.41) is 35.6.